The van der Waals surface area contributed by atoms with Crippen molar-refractivity contribution in [3.8, 4) is 0 Å². The largest absolute Gasteiger partial charge is 0.416 e. The number of aryl methyl sites for hydroxylation is 2. The van der Waals surface area contributed by atoms with Crippen molar-refractivity contribution in [1.29, 1.82) is 0 Å². The predicted octanol–water partition coefficient (Wildman–Crippen LogP) is 4.32. The Morgan fingerprint density at radius 3 is 2.57 bits per heavy atom. The summed E-state index contributed by atoms with van der Waals surface area (Å²) in [6.07, 6.45) is -1.17. The van der Waals surface area contributed by atoms with Crippen LogP contribution in [0.25, 0.3) is 0 Å². The van der Waals surface area contributed by atoms with Crippen LogP contribution in [0.15, 0.2) is 40.3 Å². The number of hydrogen-bond acceptors (Lipinski definition) is 3. The van der Waals surface area contributed by atoms with Crippen molar-refractivity contribution >= 4 is 17.6 Å². The second-order valence-corrected chi connectivity index (χ2v) is 6.10. The summed E-state index contributed by atoms with van der Waals surface area (Å²) in [5.74, 6) is -0.117. The van der Waals surface area contributed by atoms with E-state index in [9.17, 15) is 13.2 Å². The second-order valence-electron chi connectivity index (χ2n) is 5.00. The van der Waals surface area contributed by atoms with Crippen molar-refractivity contribution in [1.82, 2.24) is 4.98 Å². The number of pyridine rings is 1. The van der Waals surface area contributed by atoms with E-state index >= 15 is 0 Å². The third kappa shape index (κ3) is 3.15. The molecular formula is C15H13F3N2S. The van der Waals surface area contributed by atoms with Gasteiger partial charge in [-0.1, -0.05) is 17.8 Å². The summed E-state index contributed by atoms with van der Waals surface area (Å²) in [6.45, 7) is 0. The van der Waals surface area contributed by atoms with Gasteiger partial charge in [0, 0.05) is 4.90 Å². The van der Waals surface area contributed by atoms with Gasteiger partial charge in [0.1, 0.15) is 10.8 Å². The summed E-state index contributed by atoms with van der Waals surface area (Å²) < 4.78 is 38.3. The molecule has 0 spiro atoms. The van der Waals surface area contributed by atoms with Gasteiger partial charge in [-0.2, -0.15) is 13.2 Å². The summed E-state index contributed by atoms with van der Waals surface area (Å²) in [5.41, 5.74) is 7.32. The molecule has 1 heterocycles. The van der Waals surface area contributed by atoms with Gasteiger partial charge in [0.25, 0.3) is 0 Å². The first kappa shape index (κ1) is 14.3. The van der Waals surface area contributed by atoms with E-state index in [4.69, 9.17) is 5.73 Å². The first-order valence-corrected chi connectivity index (χ1v) is 7.38. The third-order valence-corrected chi connectivity index (χ3v) is 4.35. The third-order valence-electron chi connectivity index (χ3n) is 3.44. The van der Waals surface area contributed by atoms with E-state index in [0.29, 0.717) is 0 Å². The molecule has 0 amide bonds. The fourth-order valence-corrected chi connectivity index (χ4v) is 3.39. The molecule has 0 fully saturated rings. The summed E-state index contributed by atoms with van der Waals surface area (Å²) >= 11 is 1.21. The lowest BCUT2D eigenvalue weighted by atomic mass is 10.1. The topological polar surface area (TPSA) is 38.9 Å². The molecule has 6 heteroatoms. The minimum absolute atomic E-state index is 0.117. The number of hydrogen-bond donors (Lipinski definition) is 1. The van der Waals surface area contributed by atoms with Crippen molar-refractivity contribution in [2.45, 2.75) is 35.4 Å². The Labute approximate surface area is 124 Å². The van der Waals surface area contributed by atoms with Crippen LogP contribution in [0.1, 0.15) is 23.1 Å². The minimum atomic E-state index is -4.41. The van der Waals surface area contributed by atoms with Crippen molar-refractivity contribution in [2.75, 3.05) is 5.73 Å². The number of halogens is 3. The van der Waals surface area contributed by atoms with Gasteiger partial charge >= 0.3 is 6.18 Å². The van der Waals surface area contributed by atoms with E-state index in [-0.39, 0.29) is 10.8 Å². The SMILES string of the molecule is Nc1cc(C(F)(F)F)cc(Sc2ccc3c(c2)CCC3)n1. The van der Waals surface area contributed by atoms with Gasteiger partial charge in [-0.3, -0.25) is 0 Å². The van der Waals surface area contributed by atoms with Crippen LogP contribution in [0.3, 0.4) is 0 Å². The number of anilines is 1. The van der Waals surface area contributed by atoms with Gasteiger partial charge in [-0.15, -0.1) is 0 Å². The van der Waals surface area contributed by atoms with Gasteiger partial charge in [0.05, 0.1) is 5.56 Å². The van der Waals surface area contributed by atoms with Crippen LogP contribution in [0.4, 0.5) is 19.0 Å². The Balaban J connectivity index is 1.89. The average molecular weight is 310 g/mol. The number of benzene rings is 1. The molecule has 110 valence electrons. The van der Waals surface area contributed by atoms with Gasteiger partial charge in [-0.25, -0.2) is 4.98 Å². The van der Waals surface area contributed by atoms with E-state index in [1.807, 2.05) is 18.2 Å². The number of nitrogen functional groups attached to an aromatic ring is 1. The molecule has 1 aliphatic rings. The van der Waals surface area contributed by atoms with E-state index in [1.54, 1.807) is 0 Å². The summed E-state index contributed by atoms with van der Waals surface area (Å²) in [4.78, 5) is 4.87. The Hall–Kier alpha value is -1.69. The molecule has 2 aromatic rings. The number of alkyl halides is 3. The quantitative estimate of drug-likeness (QED) is 0.897. The highest BCUT2D eigenvalue weighted by Gasteiger charge is 2.31. The zero-order valence-electron chi connectivity index (χ0n) is 11.1. The smallest absolute Gasteiger partial charge is 0.384 e. The molecule has 21 heavy (non-hydrogen) atoms. The normalized spacial score (nSPS) is 14.2. The predicted molar refractivity (Wildman–Crippen MR) is 76.2 cm³/mol. The molecule has 0 saturated carbocycles. The average Bonchev–Trinajstić information content (AvgIpc) is 2.84. The Bertz CT molecular complexity index is 683. The zero-order valence-corrected chi connectivity index (χ0v) is 11.9. The molecule has 1 aromatic heterocycles. The lowest BCUT2D eigenvalue weighted by molar-refractivity contribution is -0.137. The maximum atomic E-state index is 12.8. The van der Waals surface area contributed by atoms with Gasteiger partial charge in [0.15, 0.2) is 0 Å². The molecule has 1 aromatic carbocycles. The molecular weight excluding hydrogens is 297 g/mol. The lowest BCUT2D eigenvalue weighted by Gasteiger charge is -2.10. The number of nitrogens with zero attached hydrogens (tertiary/aromatic N) is 1. The van der Waals surface area contributed by atoms with E-state index < -0.39 is 11.7 Å². The molecule has 3 rings (SSSR count). The summed E-state index contributed by atoms with van der Waals surface area (Å²) in [6, 6.07) is 7.89. The number of nitrogens with two attached hydrogens (primary N) is 1. The molecule has 2 N–H and O–H groups in total. The van der Waals surface area contributed by atoms with Crippen molar-refractivity contribution < 1.29 is 13.2 Å². The number of aromatic nitrogens is 1. The zero-order chi connectivity index (χ0) is 15.0. The first-order valence-electron chi connectivity index (χ1n) is 6.56. The fraction of sp³-hybridized carbons (Fsp3) is 0.267. The van der Waals surface area contributed by atoms with E-state index in [0.717, 1.165) is 36.3 Å². The van der Waals surface area contributed by atoms with Crippen molar-refractivity contribution in [3.63, 3.8) is 0 Å². The van der Waals surface area contributed by atoms with Gasteiger partial charge in [-0.05, 0) is 54.7 Å². The highest BCUT2D eigenvalue weighted by molar-refractivity contribution is 7.99. The van der Waals surface area contributed by atoms with Gasteiger partial charge in [0.2, 0.25) is 0 Å². The molecule has 2 nitrogen and oxygen atoms in total. The molecule has 1 aliphatic carbocycles. The van der Waals surface area contributed by atoms with Crippen LogP contribution in [-0.4, -0.2) is 4.98 Å². The summed E-state index contributed by atoms with van der Waals surface area (Å²) in [7, 11) is 0. The van der Waals surface area contributed by atoms with Crippen LogP contribution in [-0.2, 0) is 19.0 Å². The first-order chi connectivity index (χ1) is 9.91. The molecule has 0 bridgehead atoms. The number of rotatable bonds is 2. The van der Waals surface area contributed by atoms with Crippen molar-refractivity contribution in [3.05, 3.63) is 47.0 Å². The van der Waals surface area contributed by atoms with Crippen molar-refractivity contribution in [2.24, 2.45) is 0 Å². The minimum Gasteiger partial charge on any atom is -0.384 e. The monoisotopic (exact) mass is 310 g/mol. The fourth-order valence-electron chi connectivity index (χ4n) is 2.47. The molecule has 0 saturated heterocycles. The molecule has 0 aliphatic heterocycles. The number of fused-ring (bicyclic) bond motifs is 1. The van der Waals surface area contributed by atoms with Gasteiger partial charge < -0.3 is 5.73 Å². The highest BCUT2D eigenvalue weighted by Crippen LogP contribution is 2.35. The maximum absolute atomic E-state index is 12.8. The Morgan fingerprint density at radius 2 is 1.81 bits per heavy atom. The van der Waals surface area contributed by atoms with E-state index in [2.05, 4.69) is 4.98 Å². The molecule has 0 unspecified atom stereocenters. The lowest BCUT2D eigenvalue weighted by Crippen LogP contribution is -2.07. The molecule has 0 atom stereocenters. The van der Waals surface area contributed by atoms with Crippen LogP contribution in [0.2, 0.25) is 0 Å². The Morgan fingerprint density at radius 1 is 1.05 bits per heavy atom. The van der Waals surface area contributed by atoms with Crippen LogP contribution in [0, 0.1) is 0 Å². The van der Waals surface area contributed by atoms with E-state index in [1.165, 1.54) is 22.9 Å². The molecule has 0 radical (unpaired) electrons. The Kier molecular flexibility index (Phi) is 3.57. The standard InChI is InChI=1S/C15H13F3N2S/c16-15(17,18)11-7-13(19)20-14(8-11)21-12-5-4-9-2-1-3-10(9)6-12/h4-8H,1-3H2,(H2,19,20). The highest BCUT2D eigenvalue weighted by atomic mass is 32.2. The second kappa shape index (κ2) is 5.26. The van der Waals surface area contributed by atoms with Crippen LogP contribution < -0.4 is 5.73 Å². The summed E-state index contributed by atoms with van der Waals surface area (Å²) in [5, 5.41) is 0.264. The van der Waals surface area contributed by atoms with Crippen LogP contribution >= 0.6 is 11.8 Å². The van der Waals surface area contributed by atoms with Crippen LogP contribution in [0.5, 0.6) is 0 Å². The maximum Gasteiger partial charge on any atom is 0.416 e.